The fourth-order valence-electron chi connectivity index (χ4n) is 2.38. The maximum Gasteiger partial charge on any atom is 0.331 e. The summed E-state index contributed by atoms with van der Waals surface area (Å²) < 4.78 is 16.4. The van der Waals surface area contributed by atoms with E-state index in [1.807, 2.05) is 24.3 Å². The molecule has 0 aliphatic carbocycles. The standard InChI is InChI=1S/C20H17NO4/c21-13-16-3-1-4-17(11-16)14-25-20(22)8-6-15-5-7-18-19(12-15)24-10-2-9-23-18/h1,3-8,11-12H,2,9-10,14H2/b8-6+. The molecule has 2 aromatic carbocycles. The van der Waals surface area contributed by atoms with Crippen molar-refractivity contribution in [2.75, 3.05) is 13.2 Å². The Hall–Kier alpha value is -3.26. The molecule has 1 aliphatic heterocycles. The third-order valence-corrected chi connectivity index (χ3v) is 3.62. The number of fused-ring (bicyclic) bond motifs is 1. The van der Waals surface area contributed by atoms with Gasteiger partial charge in [0.05, 0.1) is 24.8 Å². The van der Waals surface area contributed by atoms with Crippen molar-refractivity contribution in [1.29, 1.82) is 5.26 Å². The van der Waals surface area contributed by atoms with Gasteiger partial charge in [-0.2, -0.15) is 5.26 Å². The van der Waals surface area contributed by atoms with Gasteiger partial charge in [0, 0.05) is 12.5 Å². The molecule has 2 aromatic rings. The van der Waals surface area contributed by atoms with Crippen molar-refractivity contribution in [3.63, 3.8) is 0 Å². The first-order valence-corrected chi connectivity index (χ1v) is 7.98. The van der Waals surface area contributed by atoms with Crippen LogP contribution in [-0.2, 0) is 16.1 Å². The number of carbonyl (C=O) groups is 1. The Morgan fingerprint density at radius 3 is 2.84 bits per heavy atom. The number of hydrogen-bond acceptors (Lipinski definition) is 5. The highest BCUT2D eigenvalue weighted by Gasteiger charge is 2.10. The maximum absolute atomic E-state index is 11.9. The lowest BCUT2D eigenvalue weighted by molar-refractivity contribution is -0.138. The zero-order chi connectivity index (χ0) is 17.5. The molecule has 5 nitrogen and oxygen atoms in total. The second-order valence-electron chi connectivity index (χ2n) is 5.51. The van der Waals surface area contributed by atoms with Gasteiger partial charge < -0.3 is 14.2 Å². The summed E-state index contributed by atoms with van der Waals surface area (Å²) in [4.78, 5) is 11.9. The van der Waals surface area contributed by atoms with Crippen LogP contribution in [0.2, 0.25) is 0 Å². The Labute approximate surface area is 146 Å². The molecule has 0 spiro atoms. The number of nitrogens with zero attached hydrogens (tertiary/aromatic N) is 1. The van der Waals surface area contributed by atoms with Gasteiger partial charge in [0.25, 0.3) is 0 Å². The smallest absolute Gasteiger partial charge is 0.331 e. The summed E-state index contributed by atoms with van der Waals surface area (Å²) in [5, 5.41) is 8.86. The molecule has 0 fully saturated rings. The summed E-state index contributed by atoms with van der Waals surface area (Å²) in [5.74, 6) is 0.949. The van der Waals surface area contributed by atoms with Crippen LogP contribution in [0.4, 0.5) is 0 Å². The quantitative estimate of drug-likeness (QED) is 0.632. The summed E-state index contributed by atoms with van der Waals surface area (Å²) in [5.41, 5.74) is 2.14. The Bertz CT molecular complexity index is 836. The average molecular weight is 335 g/mol. The van der Waals surface area contributed by atoms with E-state index in [1.165, 1.54) is 6.08 Å². The van der Waals surface area contributed by atoms with Gasteiger partial charge >= 0.3 is 5.97 Å². The maximum atomic E-state index is 11.9. The number of rotatable bonds is 4. The Morgan fingerprint density at radius 2 is 2.00 bits per heavy atom. The predicted molar refractivity (Wildman–Crippen MR) is 92.0 cm³/mol. The van der Waals surface area contributed by atoms with Crippen molar-refractivity contribution in [2.24, 2.45) is 0 Å². The molecular weight excluding hydrogens is 318 g/mol. The molecule has 0 saturated carbocycles. The molecule has 0 bridgehead atoms. The van der Waals surface area contributed by atoms with E-state index in [-0.39, 0.29) is 6.61 Å². The highest BCUT2D eigenvalue weighted by atomic mass is 16.5. The van der Waals surface area contributed by atoms with E-state index in [9.17, 15) is 4.79 Å². The lowest BCUT2D eigenvalue weighted by Gasteiger charge is -2.07. The molecule has 0 amide bonds. The van der Waals surface area contributed by atoms with E-state index in [1.54, 1.807) is 24.3 Å². The van der Waals surface area contributed by atoms with Crippen LogP contribution in [0.15, 0.2) is 48.5 Å². The van der Waals surface area contributed by atoms with Crippen LogP contribution >= 0.6 is 0 Å². The number of esters is 1. The Balaban J connectivity index is 1.59. The minimum atomic E-state index is -0.450. The van der Waals surface area contributed by atoms with E-state index in [0.29, 0.717) is 24.5 Å². The van der Waals surface area contributed by atoms with Gasteiger partial charge in [0.2, 0.25) is 0 Å². The van der Waals surface area contributed by atoms with E-state index >= 15 is 0 Å². The molecule has 0 N–H and O–H groups in total. The van der Waals surface area contributed by atoms with Crippen molar-refractivity contribution in [1.82, 2.24) is 0 Å². The molecule has 1 heterocycles. The zero-order valence-electron chi connectivity index (χ0n) is 13.6. The second kappa shape index (κ2) is 8.02. The molecule has 3 rings (SSSR count). The van der Waals surface area contributed by atoms with Crippen molar-refractivity contribution in [3.05, 3.63) is 65.2 Å². The van der Waals surface area contributed by atoms with Crippen molar-refractivity contribution >= 4 is 12.0 Å². The van der Waals surface area contributed by atoms with Gasteiger partial charge in [-0.3, -0.25) is 0 Å². The molecule has 1 aliphatic rings. The van der Waals surface area contributed by atoms with E-state index in [4.69, 9.17) is 19.5 Å². The molecule has 126 valence electrons. The predicted octanol–water partition coefficient (Wildman–Crippen LogP) is 3.48. The van der Waals surface area contributed by atoms with Gasteiger partial charge in [0.15, 0.2) is 11.5 Å². The van der Waals surface area contributed by atoms with Crippen LogP contribution in [0.25, 0.3) is 6.08 Å². The minimum absolute atomic E-state index is 0.125. The zero-order valence-corrected chi connectivity index (χ0v) is 13.6. The fourth-order valence-corrected chi connectivity index (χ4v) is 2.38. The molecular formula is C20H17NO4. The van der Waals surface area contributed by atoms with Gasteiger partial charge in [0.1, 0.15) is 6.61 Å². The third kappa shape index (κ3) is 4.61. The van der Waals surface area contributed by atoms with Crippen molar-refractivity contribution in [3.8, 4) is 17.6 Å². The molecule has 25 heavy (non-hydrogen) atoms. The lowest BCUT2D eigenvalue weighted by atomic mass is 10.1. The Kier molecular flexibility index (Phi) is 5.32. The molecule has 5 heteroatoms. The van der Waals surface area contributed by atoms with Crippen LogP contribution in [0.5, 0.6) is 11.5 Å². The van der Waals surface area contributed by atoms with Crippen LogP contribution in [0.1, 0.15) is 23.1 Å². The summed E-state index contributed by atoms with van der Waals surface area (Å²) in [7, 11) is 0. The van der Waals surface area contributed by atoms with Crippen LogP contribution in [-0.4, -0.2) is 19.2 Å². The first-order valence-electron chi connectivity index (χ1n) is 7.98. The third-order valence-electron chi connectivity index (χ3n) is 3.62. The molecule has 0 aromatic heterocycles. The van der Waals surface area contributed by atoms with Crippen LogP contribution in [0.3, 0.4) is 0 Å². The largest absolute Gasteiger partial charge is 0.490 e. The molecule has 0 atom stereocenters. The summed E-state index contributed by atoms with van der Waals surface area (Å²) in [6.07, 6.45) is 3.88. The summed E-state index contributed by atoms with van der Waals surface area (Å²) >= 11 is 0. The fraction of sp³-hybridized carbons (Fsp3) is 0.200. The number of carbonyl (C=O) groups excluding carboxylic acids is 1. The normalized spacial score (nSPS) is 13.1. The first kappa shape index (κ1) is 16.6. The second-order valence-corrected chi connectivity index (χ2v) is 5.51. The van der Waals surface area contributed by atoms with Gasteiger partial charge in [-0.15, -0.1) is 0 Å². The van der Waals surface area contributed by atoms with Gasteiger partial charge in [-0.1, -0.05) is 18.2 Å². The minimum Gasteiger partial charge on any atom is -0.490 e. The number of nitriles is 1. The molecule has 0 radical (unpaired) electrons. The van der Waals surface area contributed by atoms with Crippen LogP contribution < -0.4 is 9.47 Å². The van der Waals surface area contributed by atoms with Gasteiger partial charge in [-0.25, -0.2) is 4.79 Å². The number of benzene rings is 2. The summed E-state index contributed by atoms with van der Waals surface area (Å²) in [6, 6.07) is 14.5. The summed E-state index contributed by atoms with van der Waals surface area (Å²) in [6.45, 7) is 1.38. The molecule has 0 unspecified atom stereocenters. The molecule has 0 saturated heterocycles. The topological polar surface area (TPSA) is 68.5 Å². The van der Waals surface area contributed by atoms with E-state index in [0.717, 1.165) is 23.3 Å². The van der Waals surface area contributed by atoms with Crippen molar-refractivity contribution < 1.29 is 19.0 Å². The Morgan fingerprint density at radius 1 is 1.16 bits per heavy atom. The number of ether oxygens (including phenoxy) is 3. The van der Waals surface area contributed by atoms with Crippen LogP contribution in [0, 0.1) is 11.3 Å². The first-order chi connectivity index (χ1) is 12.2. The van der Waals surface area contributed by atoms with Crippen molar-refractivity contribution in [2.45, 2.75) is 13.0 Å². The van der Waals surface area contributed by atoms with E-state index in [2.05, 4.69) is 6.07 Å². The highest BCUT2D eigenvalue weighted by molar-refractivity contribution is 5.87. The lowest BCUT2D eigenvalue weighted by Crippen LogP contribution is -2.01. The monoisotopic (exact) mass is 335 g/mol. The number of hydrogen-bond donors (Lipinski definition) is 0. The SMILES string of the molecule is N#Cc1cccc(COC(=O)/C=C/c2ccc3c(c2)OCCCO3)c1. The van der Waals surface area contributed by atoms with Gasteiger partial charge in [-0.05, 0) is 41.5 Å². The van der Waals surface area contributed by atoms with E-state index < -0.39 is 5.97 Å². The highest BCUT2D eigenvalue weighted by Crippen LogP contribution is 2.30. The average Bonchev–Trinajstić information content (AvgIpc) is 2.89.